The van der Waals surface area contributed by atoms with Gasteiger partial charge in [0.25, 0.3) is 0 Å². The summed E-state index contributed by atoms with van der Waals surface area (Å²) >= 11 is 1.47. The number of hydrogen-bond acceptors (Lipinski definition) is 6. The summed E-state index contributed by atoms with van der Waals surface area (Å²) in [5.41, 5.74) is 6.97. The Labute approximate surface area is 123 Å². The van der Waals surface area contributed by atoms with E-state index in [9.17, 15) is 0 Å². The number of ether oxygens (including phenoxy) is 1. The molecule has 0 unspecified atom stereocenters. The smallest absolute Gasteiger partial charge is 0.191 e. The lowest BCUT2D eigenvalue weighted by molar-refractivity contribution is 0.414. The lowest BCUT2D eigenvalue weighted by Gasteiger charge is -2.08. The van der Waals surface area contributed by atoms with Gasteiger partial charge in [0.2, 0.25) is 0 Å². The highest BCUT2D eigenvalue weighted by Gasteiger charge is 2.01. The average Bonchev–Trinajstić information content (AvgIpc) is 2.47. The van der Waals surface area contributed by atoms with Crippen LogP contribution in [-0.4, -0.2) is 29.9 Å². The molecule has 5 nitrogen and oxygen atoms in total. The van der Waals surface area contributed by atoms with Crippen molar-refractivity contribution in [2.24, 2.45) is 0 Å². The van der Waals surface area contributed by atoms with Crippen molar-refractivity contribution in [2.75, 3.05) is 31.0 Å². The van der Waals surface area contributed by atoms with Gasteiger partial charge in [0.15, 0.2) is 5.16 Å². The second kappa shape index (κ2) is 7.00. The van der Waals surface area contributed by atoms with E-state index in [1.54, 1.807) is 13.2 Å². The Morgan fingerprint density at radius 3 is 2.65 bits per heavy atom. The molecule has 0 aliphatic heterocycles. The van der Waals surface area contributed by atoms with E-state index in [1.165, 1.54) is 17.3 Å². The lowest BCUT2D eigenvalue weighted by atomic mass is 10.1. The molecule has 20 heavy (non-hydrogen) atoms. The Kier molecular flexibility index (Phi) is 5.06. The van der Waals surface area contributed by atoms with Gasteiger partial charge in [0.1, 0.15) is 17.4 Å². The first kappa shape index (κ1) is 14.5. The molecule has 0 saturated heterocycles. The third kappa shape index (κ3) is 4.03. The van der Waals surface area contributed by atoms with Crippen LogP contribution in [0.2, 0.25) is 0 Å². The number of anilines is 2. The number of thioether (sulfide) groups is 1. The van der Waals surface area contributed by atoms with E-state index in [0.29, 0.717) is 11.0 Å². The van der Waals surface area contributed by atoms with Gasteiger partial charge in [-0.3, -0.25) is 0 Å². The number of nitrogens with one attached hydrogen (secondary N) is 1. The molecule has 0 atom stereocenters. The Morgan fingerprint density at radius 1 is 1.25 bits per heavy atom. The van der Waals surface area contributed by atoms with Crippen molar-refractivity contribution in [3.63, 3.8) is 0 Å². The molecule has 1 heterocycles. The number of hydrogen-bond donors (Lipinski definition) is 2. The highest BCUT2D eigenvalue weighted by molar-refractivity contribution is 7.98. The Bertz CT molecular complexity index is 560. The molecule has 6 heteroatoms. The van der Waals surface area contributed by atoms with Crippen LogP contribution in [0.25, 0.3) is 0 Å². The molecular formula is C14H18N4OS. The molecule has 1 aromatic heterocycles. The van der Waals surface area contributed by atoms with Gasteiger partial charge in [-0.1, -0.05) is 23.9 Å². The molecule has 0 saturated carbocycles. The molecule has 3 N–H and O–H groups in total. The summed E-state index contributed by atoms with van der Waals surface area (Å²) in [5, 5.41) is 3.94. The van der Waals surface area contributed by atoms with E-state index >= 15 is 0 Å². The second-order valence-corrected chi connectivity index (χ2v) is 4.96. The maximum Gasteiger partial charge on any atom is 0.191 e. The molecule has 0 spiro atoms. The van der Waals surface area contributed by atoms with Crippen LogP contribution < -0.4 is 15.8 Å². The summed E-state index contributed by atoms with van der Waals surface area (Å²) in [6, 6.07) is 9.78. The van der Waals surface area contributed by atoms with E-state index < -0.39 is 0 Å². The van der Waals surface area contributed by atoms with Gasteiger partial charge >= 0.3 is 0 Å². The van der Waals surface area contributed by atoms with Crippen LogP contribution in [0.4, 0.5) is 11.6 Å². The van der Waals surface area contributed by atoms with Gasteiger partial charge in [-0.15, -0.1) is 0 Å². The molecule has 106 valence electrons. The number of nitrogens with zero attached hydrogens (tertiary/aromatic N) is 2. The van der Waals surface area contributed by atoms with Gasteiger partial charge in [-0.05, 0) is 30.4 Å². The largest absolute Gasteiger partial charge is 0.497 e. The van der Waals surface area contributed by atoms with Crippen molar-refractivity contribution in [1.82, 2.24) is 9.97 Å². The van der Waals surface area contributed by atoms with Crippen molar-refractivity contribution in [2.45, 2.75) is 11.6 Å². The normalized spacial score (nSPS) is 10.3. The Morgan fingerprint density at radius 2 is 2.00 bits per heavy atom. The standard InChI is InChI=1S/C14H18N4OS/c1-19-11-5-3-10(4-6-11)7-8-16-13-9-12(15)17-14(18-13)20-2/h3-6,9H,7-8H2,1-2H3,(H3,15,16,17,18). The van der Waals surface area contributed by atoms with Crippen LogP contribution >= 0.6 is 11.8 Å². The van der Waals surface area contributed by atoms with Gasteiger partial charge < -0.3 is 15.8 Å². The van der Waals surface area contributed by atoms with Crippen LogP contribution in [0, 0.1) is 0 Å². The summed E-state index contributed by atoms with van der Waals surface area (Å²) in [4.78, 5) is 8.46. The predicted molar refractivity (Wildman–Crippen MR) is 83.4 cm³/mol. The molecule has 1 aromatic carbocycles. The fourth-order valence-corrected chi connectivity index (χ4v) is 2.14. The van der Waals surface area contributed by atoms with Gasteiger partial charge in [0.05, 0.1) is 7.11 Å². The van der Waals surface area contributed by atoms with Crippen LogP contribution in [0.15, 0.2) is 35.5 Å². The van der Waals surface area contributed by atoms with Crippen molar-refractivity contribution in [3.8, 4) is 5.75 Å². The first-order chi connectivity index (χ1) is 9.71. The quantitative estimate of drug-likeness (QED) is 0.629. The van der Waals surface area contributed by atoms with Gasteiger partial charge in [-0.25, -0.2) is 9.97 Å². The molecule has 0 bridgehead atoms. The van der Waals surface area contributed by atoms with Gasteiger partial charge in [0, 0.05) is 12.6 Å². The fourth-order valence-electron chi connectivity index (χ4n) is 1.75. The molecule has 0 aliphatic rings. The van der Waals surface area contributed by atoms with E-state index in [1.807, 2.05) is 18.4 Å². The highest BCUT2D eigenvalue weighted by Crippen LogP contribution is 2.15. The minimum atomic E-state index is 0.483. The molecule has 0 fully saturated rings. The van der Waals surface area contributed by atoms with Crippen molar-refractivity contribution in [3.05, 3.63) is 35.9 Å². The predicted octanol–water partition coefficient (Wildman–Crippen LogP) is 2.44. The molecule has 0 aliphatic carbocycles. The fraction of sp³-hybridized carbons (Fsp3) is 0.286. The maximum absolute atomic E-state index is 5.73. The van der Waals surface area contributed by atoms with Crippen molar-refractivity contribution >= 4 is 23.4 Å². The molecule has 0 amide bonds. The zero-order valence-electron chi connectivity index (χ0n) is 11.6. The second-order valence-electron chi connectivity index (χ2n) is 4.19. The Hall–Kier alpha value is -1.95. The summed E-state index contributed by atoms with van der Waals surface area (Å²) in [6.07, 6.45) is 2.83. The minimum absolute atomic E-state index is 0.483. The summed E-state index contributed by atoms with van der Waals surface area (Å²) in [7, 11) is 1.67. The number of methoxy groups -OCH3 is 1. The first-order valence-corrected chi connectivity index (χ1v) is 7.49. The number of rotatable bonds is 6. The third-order valence-corrected chi connectivity index (χ3v) is 3.33. The Balaban J connectivity index is 1.90. The lowest BCUT2D eigenvalue weighted by Crippen LogP contribution is -2.08. The topological polar surface area (TPSA) is 73.1 Å². The van der Waals surface area contributed by atoms with Crippen LogP contribution in [0.1, 0.15) is 5.56 Å². The van der Waals surface area contributed by atoms with E-state index in [0.717, 1.165) is 24.5 Å². The van der Waals surface area contributed by atoms with Crippen LogP contribution in [-0.2, 0) is 6.42 Å². The van der Waals surface area contributed by atoms with Crippen molar-refractivity contribution in [1.29, 1.82) is 0 Å². The average molecular weight is 290 g/mol. The number of benzene rings is 1. The van der Waals surface area contributed by atoms with Gasteiger partial charge in [-0.2, -0.15) is 0 Å². The molecule has 2 aromatic rings. The first-order valence-electron chi connectivity index (χ1n) is 6.26. The summed E-state index contributed by atoms with van der Waals surface area (Å²) in [5.74, 6) is 2.11. The highest BCUT2D eigenvalue weighted by atomic mass is 32.2. The zero-order valence-corrected chi connectivity index (χ0v) is 12.4. The third-order valence-electron chi connectivity index (χ3n) is 2.79. The van der Waals surface area contributed by atoms with E-state index in [2.05, 4.69) is 27.4 Å². The number of nitrogen functional groups attached to an aromatic ring is 1. The van der Waals surface area contributed by atoms with Crippen molar-refractivity contribution < 1.29 is 4.74 Å². The van der Waals surface area contributed by atoms with E-state index in [-0.39, 0.29) is 0 Å². The summed E-state index contributed by atoms with van der Waals surface area (Å²) < 4.78 is 5.13. The summed E-state index contributed by atoms with van der Waals surface area (Å²) in [6.45, 7) is 0.788. The SMILES string of the molecule is COc1ccc(CCNc2cc(N)nc(SC)n2)cc1. The monoisotopic (exact) mass is 290 g/mol. The molecular weight excluding hydrogens is 272 g/mol. The zero-order chi connectivity index (χ0) is 14.4. The van der Waals surface area contributed by atoms with Crippen LogP contribution in [0.3, 0.4) is 0 Å². The minimum Gasteiger partial charge on any atom is -0.497 e. The van der Waals surface area contributed by atoms with Crippen LogP contribution in [0.5, 0.6) is 5.75 Å². The molecule has 0 radical (unpaired) electrons. The number of nitrogens with two attached hydrogens (primary N) is 1. The van der Waals surface area contributed by atoms with E-state index in [4.69, 9.17) is 10.5 Å². The maximum atomic E-state index is 5.73. The number of aromatic nitrogens is 2. The molecule has 2 rings (SSSR count).